The van der Waals surface area contributed by atoms with E-state index in [2.05, 4.69) is 0 Å². The molecule has 2 saturated heterocycles. The third-order valence-electron chi connectivity index (χ3n) is 8.27. The van der Waals surface area contributed by atoms with E-state index in [-0.39, 0.29) is 35.8 Å². The van der Waals surface area contributed by atoms with Crippen molar-refractivity contribution in [1.82, 2.24) is 0 Å². The minimum Gasteiger partial charge on any atom is -0.368 e. The molecule has 0 saturated carbocycles. The Hall–Kier alpha value is -3.10. The van der Waals surface area contributed by atoms with Gasteiger partial charge in [-0.1, -0.05) is 121 Å². The molecule has 2 fully saturated rings. The smallest absolute Gasteiger partial charge is 0.368 e. The van der Waals surface area contributed by atoms with E-state index in [1.165, 1.54) is 0 Å². The first kappa shape index (κ1) is 34.8. The molecule has 254 valence electrons. The Morgan fingerprint density at radius 3 is 1.58 bits per heavy atom. The fourth-order valence-electron chi connectivity index (χ4n) is 5.91. The third kappa shape index (κ3) is 10.2. The molecule has 1 N–H and O–H groups in total. The van der Waals surface area contributed by atoms with E-state index in [0.717, 1.165) is 22.3 Å². The van der Waals surface area contributed by atoms with Crippen LogP contribution in [0.2, 0.25) is 0 Å². The Morgan fingerprint density at radius 1 is 0.646 bits per heavy atom. The van der Waals surface area contributed by atoms with Gasteiger partial charge in [-0.2, -0.15) is 8.42 Å². The lowest BCUT2D eigenvalue weighted by Gasteiger charge is -2.39. The highest BCUT2D eigenvalue weighted by atomic mass is 32.3. The van der Waals surface area contributed by atoms with Crippen molar-refractivity contribution in [3.63, 3.8) is 0 Å². The van der Waals surface area contributed by atoms with Gasteiger partial charge in [-0.25, -0.2) is 4.18 Å². The Balaban J connectivity index is 1.25. The maximum Gasteiger partial charge on any atom is 0.397 e. The van der Waals surface area contributed by atoms with Gasteiger partial charge in [0.05, 0.1) is 26.4 Å². The van der Waals surface area contributed by atoms with Gasteiger partial charge in [-0.05, 0) is 27.6 Å². The first-order valence-corrected chi connectivity index (χ1v) is 19.1. The summed E-state index contributed by atoms with van der Waals surface area (Å²) in [6.45, 7) is 1.14. The second kappa shape index (κ2) is 17.0. The van der Waals surface area contributed by atoms with Gasteiger partial charge in [0.1, 0.15) is 47.8 Å². The largest absolute Gasteiger partial charge is 0.397 e. The number of hydrogen-bond acceptors (Lipinski definition) is 8. The molecule has 4 aromatic carbocycles. The summed E-state index contributed by atoms with van der Waals surface area (Å²) >= 11 is 0. The fraction of sp³-hybridized carbons (Fsp3) is 0.351. The molecule has 0 spiro atoms. The second-order valence-corrected chi connectivity index (χ2v) is 15.1. The monoisotopic (exact) mass is 693 g/mol. The summed E-state index contributed by atoms with van der Waals surface area (Å²) in [5.41, 5.74) is 3.96. The molecule has 2 heterocycles. The number of benzene rings is 4. The average Bonchev–Trinajstić information content (AvgIpc) is 3.11. The van der Waals surface area contributed by atoms with Crippen LogP contribution in [-0.4, -0.2) is 67.4 Å². The zero-order valence-electron chi connectivity index (χ0n) is 26.5. The van der Waals surface area contributed by atoms with Crippen LogP contribution >= 0.6 is 0 Å². The first-order chi connectivity index (χ1) is 23.4. The molecule has 48 heavy (non-hydrogen) atoms. The van der Waals surface area contributed by atoms with Gasteiger partial charge in [0.2, 0.25) is 0 Å². The molecule has 0 aliphatic carbocycles. The van der Waals surface area contributed by atoms with Crippen molar-refractivity contribution in [3.8, 4) is 0 Å². The average molecular weight is 694 g/mol. The van der Waals surface area contributed by atoms with E-state index in [9.17, 15) is 13.0 Å². The molecule has 6 rings (SSSR count). The van der Waals surface area contributed by atoms with Gasteiger partial charge in [0.15, 0.2) is 6.29 Å². The van der Waals surface area contributed by atoms with Crippen LogP contribution in [0.4, 0.5) is 0 Å². The summed E-state index contributed by atoms with van der Waals surface area (Å²) in [7, 11) is -5.12. The van der Waals surface area contributed by atoms with E-state index >= 15 is 0 Å². The van der Waals surface area contributed by atoms with Crippen molar-refractivity contribution in [1.29, 1.82) is 0 Å². The quantitative estimate of drug-likeness (QED) is 0.132. The summed E-state index contributed by atoms with van der Waals surface area (Å²) in [6, 6.07) is 39.5. The zero-order chi connectivity index (χ0) is 33.2. The van der Waals surface area contributed by atoms with Crippen molar-refractivity contribution < 1.29 is 40.8 Å². The zero-order valence-corrected chi connectivity index (χ0v) is 28.1. The molecular formula is C37H41O9S2+. The Morgan fingerprint density at radius 2 is 1.10 bits per heavy atom. The molecule has 0 aromatic heterocycles. The van der Waals surface area contributed by atoms with Crippen LogP contribution in [0.25, 0.3) is 0 Å². The van der Waals surface area contributed by atoms with Gasteiger partial charge < -0.3 is 23.7 Å². The number of rotatable bonds is 14. The van der Waals surface area contributed by atoms with Crippen LogP contribution in [-0.2, 0) is 69.0 Å². The third-order valence-corrected chi connectivity index (χ3v) is 11.2. The van der Waals surface area contributed by atoms with E-state index in [1.54, 1.807) is 0 Å². The van der Waals surface area contributed by atoms with Crippen molar-refractivity contribution in [2.24, 2.45) is 0 Å². The number of hydrogen-bond donors (Lipinski definition) is 1. The molecule has 9 nitrogen and oxygen atoms in total. The highest BCUT2D eigenvalue weighted by Crippen LogP contribution is 2.32. The van der Waals surface area contributed by atoms with Gasteiger partial charge in [0.25, 0.3) is 0 Å². The highest BCUT2D eigenvalue weighted by Gasteiger charge is 2.49. The SMILES string of the molecule is O=S(=O)(O)O[C@H]1COC(c2ccccc2)O[C@@H]1C[S+]1C[C@H](OCc2ccccc2)C(OCc2ccccc2)[C@H](OCc2ccccc2)C1. The van der Waals surface area contributed by atoms with Crippen molar-refractivity contribution in [3.05, 3.63) is 144 Å². The van der Waals surface area contributed by atoms with E-state index in [1.807, 2.05) is 121 Å². The van der Waals surface area contributed by atoms with Crippen LogP contribution < -0.4 is 0 Å². The van der Waals surface area contributed by atoms with Crippen LogP contribution in [0, 0.1) is 0 Å². The summed E-state index contributed by atoms with van der Waals surface area (Å²) in [6.07, 6.45) is -3.41. The van der Waals surface area contributed by atoms with Gasteiger partial charge >= 0.3 is 10.4 Å². The summed E-state index contributed by atoms with van der Waals surface area (Å²) in [4.78, 5) is 0. The van der Waals surface area contributed by atoms with Gasteiger partial charge in [-0.3, -0.25) is 4.55 Å². The molecular weight excluding hydrogens is 653 g/mol. The minimum atomic E-state index is -4.75. The van der Waals surface area contributed by atoms with Gasteiger partial charge in [-0.15, -0.1) is 0 Å². The standard InChI is InChI=1S/C37H40O9S2/c38-48(39,40)46-32-24-44-37(31-19-11-4-12-20-31)45-33(32)25-47-26-34(41-21-28-13-5-1-6-14-28)36(43-23-30-17-9-3-10-18-30)35(27-47)42-22-29-15-7-2-8-16-29/h1-20,32-37H,21-27H2/p+1/t32-,33+,34-,35+,36?,37?,47?/m0/s1. The van der Waals surface area contributed by atoms with E-state index in [0.29, 0.717) is 37.1 Å². The van der Waals surface area contributed by atoms with E-state index in [4.69, 9.17) is 27.9 Å². The van der Waals surface area contributed by atoms with Crippen molar-refractivity contribution in [2.45, 2.75) is 56.6 Å². The van der Waals surface area contributed by atoms with Crippen LogP contribution in [0.5, 0.6) is 0 Å². The molecule has 2 aliphatic rings. The summed E-state index contributed by atoms with van der Waals surface area (Å²) in [5.74, 6) is 1.74. The summed E-state index contributed by atoms with van der Waals surface area (Å²) < 4.78 is 70.5. The molecule has 2 aliphatic heterocycles. The van der Waals surface area contributed by atoms with Crippen LogP contribution in [0.15, 0.2) is 121 Å². The van der Waals surface area contributed by atoms with Crippen LogP contribution in [0.1, 0.15) is 28.5 Å². The Labute approximate surface area is 285 Å². The summed E-state index contributed by atoms with van der Waals surface area (Å²) in [5, 5.41) is 0. The van der Waals surface area contributed by atoms with Crippen LogP contribution in [0.3, 0.4) is 0 Å². The minimum absolute atomic E-state index is 0.0636. The molecule has 11 heteroatoms. The van der Waals surface area contributed by atoms with Crippen molar-refractivity contribution >= 4 is 21.3 Å². The van der Waals surface area contributed by atoms with Gasteiger partial charge in [0, 0.05) is 5.56 Å². The molecule has 0 bridgehead atoms. The lowest BCUT2D eigenvalue weighted by Crippen LogP contribution is -2.57. The van der Waals surface area contributed by atoms with Crippen molar-refractivity contribution in [2.75, 3.05) is 23.9 Å². The molecule has 0 amide bonds. The molecule has 7 atom stereocenters. The topological polar surface area (TPSA) is 110 Å². The normalized spacial score (nSPS) is 26.2. The fourth-order valence-corrected chi connectivity index (χ4v) is 9.06. The lowest BCUT2D eigenvalue weighted by molar-refractivity contribution is -0.245. The maximum absolute atomic E-state index is 11.8. The number of ether oxygens (including phenoxy) is 5. The molecule has 0 radical (unpaired) electrons. The first-order valence-electron chi connectivity index (χ1n) is 16.0. The molecule has 4 aromatic rings. The maximum atomic E-state index is 11.8. The predicted octanol–water partition coefficient (Wildman–Crippen LogP) is 5.68. The predicted molar refractivity (Wildman–Crippen MR) is 183 cm³/mol. The highest BCUT2D eigenvalue weighted by molar-refractivity contribution is 7.97. The van der Waals surface area contributed by atoms with E-state index < -0.39 is 28.9 Å². The lowest BCUT2D eigenvalue weighted by atomic mass is 10.1. The Kier molecular flexibility index (Phi) is 12.3. The Bertz CT molecular complexity index is 1580. The molecule has 3 unspecified atom stereocenters. The second-order valence-electron chi connectivity index (χ2n) is 11.9.